The number of halogens is 1. The largest absolute Gasteiger partial charge is 0.286 e. The lowest BCUT2D eigenvalue weighted by Gasteiger charge is -2.02. The Kier molecular flexibility index (Phi) is 4.70. The zero-order chi connectivity index (χ0) is 15.2. The zero-order valence-corrected chi connectivity index (χ0v) is 12.1. The lowest BCUT2D eigenvalue weighted by atomic mass is 10.1. The number of aryl methyl sites for hydroxylation is 1. The van der Waals surface area contributed by atoms with E-state index in [2.05, 4.69) is 10.5 Å². The Morgan fingerprint density at radius 3 is 2.57 bits per heavy atom. The van der Waals surface area contributed by atoms with E-state index in [-0.39, 0.29) is 5.71 Å². The molecular formula is C16H12ClN3O. The van der Waals surface area contributed by atoms with Crippen LogP contribution in [0.15, 0.2) is 53.6 Å². The van der Waals surface area contributed by atoms with Crippen LogP contribution >= 0.6 is 11.6 Å². The van der Waals surface area contributed by atoms with Crippen molar-refractivity contribution in [2.24, 2.45) is 5.10 Å². The molecular weight excluding hydrogens is 286 g/mol. The van der Waals surface area contributed by atoms with Gasteiger partial charge in [0.05, 0.1) is 5.69 Å². The summed E-state index contributed by atoms with van der Waals surface area (Å²) in [5.41, 5.74) is 4.52. The topological polar surface area (TPSA) is 65.2 Å². The molecule has 0 aromatic heterocycles. The maximum absolute atomic E-state index is 12.2. The van der Waals surface area contributed by atoms with E-state index in [1.807, 2.05) is 19.1 Å². The Labute approximate surface area is 127 Å². The molecule has 104 valence electrons. The zero-order valence-electron chi connectivity index (χ0n) is 11.3. The van der Waals surface area contributed by atoms with Gasteiger partial charge in [0.2, 0.25) is 11.5 Å². The molecule has 0 heterocycles. The highest BCUT2D eigenvalue weighted by Crippen LogP contribution is 2.15. The summed E-state index contributed by atoms with van der Waals surface area (Å²) in [5.74, 6) is -0.424. The van der Waals surface area contributed by atoms with Crippen LogP contribution in [0.2, 0.25) is 5.02 Å². The number of nitrogens with one attached hydrogen (secondary N) is 1. The highest BCUT2D eigenvalue weighted by molar-refractivity contribution is 6.51. The summed E-state index contributed by atoms with van der Waals surface area (Å²) < 4.78 is 0. The van der Waals surface area contributed by atoms with Crippen molar-refractivity contribution in [2.45, 2.75) is 6.92 Å². The molecule has 4 nitrogen and oxygen atoms in total. The summed E-state index contributed by atoms with van der Waals surface area (Å²) in [6.07, 6.45) is 0. The van der Waals surface area contributed by atoms with Crippen molar-refractivity contribution in [1.82, 2.24) is 0 Å². The molecule has 0 saturated carbocycles. The monoisotopic (exact) mass is 297 g/mol. The summed E-state index contributed by atoms with van der Waals surface area (Å²) in [7, 11) is 0. The van der Waals surface area contributed by atoms with Crippen molar-refractivity contribution in [3.05, 3.63) is 64.7 Å². The van der Waals surface area contributed by atoms with E-state index >= 15 is 0 Å². The number of hydrazone groups is 1. The third kappa shape index (κ3) is 3.91. The van der Waals surface area contributed by atoms with Crippen molar-refractivity contribution in [2.75, 3.05) is 5.43 Å². The third-order valence-corrected chi connectivity index (χ3v) is 2.99. The molecule has 0 fully saturated rings. The molecule has 0 spiro atoms. The van der Waals surface area contributed by atoms with Crippen molar-refractivity contribution in [3.8, 4) is 6.07 Å². The van der Waals surface area contributed by atoms with Crippen LogP contribution in [0.3, 0.4) is 0 Å². The number of anilines is 1. The minimum absolute atomic E-state index is 0.209. The van der Waals surface area contributed by atoms with Gasteiger partial charge in [-0.2, -0.15) is 10.4 Å². The van der Waals surface area contributed by atoms with E-state index in [1.54, 1.807) is 42.5 Å². The number of rotatable bonds is 4. The molecule has 0 bridgehead atoms. The summed E-state index contributed by atoms with van der Waals surface area (Å²) in [5, 5.41) is 13.5. The molecule has 0 aliphatic heterocycles. The number of benzene rings is 2. The van der Waals surface area contributed by atoms with Crippen molar-refractivity contribution >= 4 is 28.8 Å². The first-order chi connectivity index (χ1) is 10.1. The fourth-order valence-electron chi connectivity index (χ4n) is 1.65. The fraction of sp³-hybridized carbons (Fsp3) is 0.0625. The van der Waals surface area contributed by atoms with Crippen molar-refractivity contribution in [1.29, 1.82) is 5.26 Å². The number of carbonyl (C=O) groups excluding carboxylic acids is 1. The predicted molar refractivity (Wildman–Crippen MR) is 83.6 cm³/mol. The maximum atomic E-state index is 12.2. The number of nitriles is 1. The van der Waals surface area contributed by atoms with Crippen LogP contribution in [-0.2, 0) is 0 Å². The van der Waals surface area contributed by atoms with Crippen LogP contribution in [0.1, 0.15) is 15.9 Å². The summed E-state index contributed by atoms with van der Waals surface area (Å²) >= 11 is 5.85. The van der Waals surface area contributed by atoms with Crippen LogP contribution < -0.4 is 5.43 Å². The van der Waals surface area contributed by atoms with E-state index in [1.165, 1.54) is 0 Å². The van der Waals surface area contributed by atoms with E-state index in [0.717, 1.165) is 5.56 Å². The van der Waals surface area contributed by atoms with Crippen molar-refractivity contribution in [3.63, 3.8) is 0 Å². The van der Waals surface area contributed by atoms with Gasteiger partial charge in [0.25, 0.3) is 0 Å². The number of ketones is 1. The van der Waals surface area contributed by atoms with E-state index in [0.29, 0.717) is 16.3 Å². The summed E-state index contributed by atoms with van der Waals surface area (Å²) in [4.78, 5) is 12.2. The molecule has 1 N–H and O–H groups in total. The average molecular weight is 298 g/mol. The second kappa shape index (κ2) is 6.69. The maximum Gasteiger partial charge on any atom is 0.223 e. The molecule has 21 heavy (non-hydrogen) atoms. The van der Waals surface area contributed by atoms with Gasteiger partial charge >= 0.3 is 0 Å². The highest BCUT2D eigenvalue weighted by atomic mass is 35.5. The molecule has 5 heteroatoms. The number of carbonyl (C=O) groups is 1. The van der Waals surface area contributed by atoms with Crippen LogP contribution in [0, 0.1) is 18.3 Å². The lowest BCUT2D eigenvalue weighted by molar-refractivity contribution is 0.106. The molecule has 2 aromatic rings. The van der Waals surface area contributed by atoms with Crippen LogP contribution in [0.25, 0.3) is 0 Å². The molecule has 0 unspecified atom stereocenters. The minimum atomic E-state index is -0.424. The smallest absolute Gasteiger partial charge is 0.223 e. The Morgan fingerprint density at radius 1 is 1.24 bits per heavy atom. The Hall–Kier alpha value is -2.64. The van der Waals surface area contributed by atoms with Gasteiger partial charge in [0.1, 0.15) is 6.07 Å². The number of Topliss-reactive ketones (excluding diaryl/α,β-unsaturated/α-hetero) is 1. The molecule has 0 amide bonds. The lowest BCUT2D eigenvalue weighted by Crippen LogP contribution is -2.14. The third-order valence-electron chi connectivity index (χ3n) is 2.76. The molecule has 2 rings (SSSR count). The van der Waals surface area contributed by atoms with Crippen molar-refractivity contribution < 1.29 is 4.79 Å². The highest BCUT2D eigenvalue weighted by Gasteiger charge is 2.13. The van der Waals surface area contributed by atoms with Gasteiger partial charge in [-0.3, -0.25) is 10.2 Å². The van der Waals surface area contributed by atoms with Gasteiger partial charge < -0.3 is 0 Å². The minimum Gasteiger partial charge on any atom is -0.286 e. The SMILES string of the molecule is Cc1ccc(C(=O)/C(C#N)=N\Nc2cccc(Cl)c2)cc1. The predicted octanol–water partition coefficient (Wildman–Crippen LogP) is 3.82. The van der Waals surface area contributed by atoms with Crippen LogP contribution in [-0.4, -0.2) is 11.5 Å². The molecule has 0 aliphatic rings. The van der Waals surface area contributed by atoms with Gasteiger partial charge in [-0.1, -0.05) is 47.5 Å². The Morgan fingerprint density at radius 2 is 1.95 bits per heavy atom. The van der Waals surface area contributed by atoms with Crippen LogP contribution in [0.4, 0.5) is 5.69 Å². The van der Waals surface area contributed by atoms with E-state index < -0.39 is 5.78 Å². The van der Waals surface area contributed by atoms with E-state index in [9.17, 15) is 4.79 Å². The number of nitrogens with zero attached hydrogens (tertiary/aromatic N) is 2. The Bertz CT molecular complexity index is 730. The summed E-state index contributed by atoms with van der Waals surface area (Å²) in [6, 6.07) is 15.6. The van der Waals surface area contributed by atoms with Gasteiger partial charge in [-0.25, -0.2) is 0 Å². The average Bonchev–Trinajstić information content (AvgIpc) is 2.48. The first-order valence-corrected chi connectivity index (χ1v) is 6.58. The summed E-state index contributed by atoms with van der Waals surface area (Å²) in [6.45, 7) is 1.92. The standard InChI is InChI=1S/C16H12ClN3O/c1-11-5-7-12(8-6-11)16(21)15(10-18)20-19-14-4-2-3-13(17)9-14/h2-9,19H,1H3/b20-15-. The number of hydrogen-bond donors (Lipinski definition) is 1. The second-order valence-electron chi connectivity index (χ2n) is 4.39. The molecule has 0 aliphatic carbocycles. The molecule has 2 aromatic carbocycles. The normalized spacial score (nSPS) is 10.8. The Balaban J connectivity index is 2.19. The molecule has 0 saturated heterocycles. The first kappa shape index (κ1) is 14.8. The van der Waals surface area contributed by atoms with Gasteiger partial charge in [-0.15, -0.1) is 0 Å². The van der Waals surface area contributed by atoms with E-state index in [4.69, 9.17) is 16.9 Å². The van der Waals surface area contributed by atoms with Crippen LogP contribution in [0.5, 0.6) is 0 Å². The number of hydrogen-bond acceptors (Lipinski definition) is 4. The second-order valence-corrected chi connectivity index (χ2v) is 4.83. The molecule has 0 radical (unpaired) electrons. The first-order valence-electron chi connectivity index (χ1n) is 6.21. The van der Waals surface area contributed by atoms with Gasteiger partial charge in [0.15, 0.2) is 0 Å². The van der Waals surface area contributed by atoms with Gasteiger partial charge in [-0.05, 0) is 25.1 Å². The van der Waals surface area contributed by atoms with Gasteiger partial charge in [0, 0.05) is 10.6 Å². The quantitative estimate of drug-likeness (QED) is 0.530. The molecule has 0 atom stereocenters. The fourth-order valence-corrected chi connectivity index (χ4v) is 1.84.